The summed E-state index contributed by atoms with van der Waals surface area (Å²) in [6, 6.07) is 10.5. The molecule has 0 saturated carbocycles. The van der Waals surface area contributed by atoms with Crippen LogP contribution < -0.4 is 5.43 Å². The lowest BCUT2D eigenvalue weighted by Gasteiger charge is -2.05. The second-order valence-electron chi connectivity index (χ2n) is 3.78. The second kappa shape index (κ2) is 6.92. The largest absolute Gasteiger partial charge is 0.288 e. The maximum Gasteiger partial charge on any atom is 0.203 e. The summed E-state index contributed by atoms with van der Waals surface area (Å²) in [5, 5.41) is 12.8. The zero-order valence-corrected chi connectivity index (χ0v) is 11.0. The Bertz CT molecular complexity index is 648. The fraction of sp³-hybridized carbons (Fsp3) is 0.133. The zero-order valence-electron chi connectivity index (χ0n) is 11.0. The van der Waals surface area contributed by atoms with Crippen molar-refractivity contribution in [3.8, 4) is 11.8 Å². The molecule has 0 N–H and O–H groups in total. The summed E-state index contributed by atoms with van der Waals surface area (Å²) in [4.78, 5) is 11.2. The van der Waals surface area contributed by atoms with Gasteiger partial charge >= 0.3 is 0 Å². The third-order valence-corrected chi connectivity index (χ3v) is 2.24. The fourth-order valence-corrected chi connectivity index (χ4v) is 1.34. The van der Waals surface area contributed by atoms with E-state index in [0.29, 0.717) is 11.3 Å². The lowest BCUT2D eigenvalue weighted by Crippen LogP contribution is -2.12. The average Bonchev–Trinajstić information content (AvgIpc) is 2.43. The molecule has 2 aromatic rings. The highest BCUT2D eigenvalue weighted by Crippen LogP contribution is 2.07. The molecular weight excluding hydrogens is 238 g/mol. The van der Waals surface area contributed by atoms with Gasteiger partial charge < -0.3 is 0 Å². The molecule has 4 nitrogen and oxygen atoms in total. The van der Waals surface area contributed by atoms with E-state index in [1.807, 2.05) is 13.0 Å². The molecule has 1 aromatic heterocycles. The number of aromatic nitrogens is 2. The molecule has 0 atom stereocenters. The summed E-state index contributed by atoms with van der Waals surface area (Å²) in [7, 11) is 0. The van der Waals surface area contributed by atoms with Gasteiger partial charge in [-0.15, -0.1) is 6.58 Å². The molecule has 0 aliphatic rings. The van der Waals surface area contributed by atoms with Crippen molar-refractivity contribution in [3.05, 3.63) is 70.7 Å². The molecule has 0 amide bonds. The molecule has 0 fully saturated rings. The van der Waals surface area contributed by atoms with Crippen molar-refractivity contribution in [2.75, 3.05) is 0 Å². The topological polar surface area (TPSA) is 58.7 Å². The molecular formula is C15H15N3O. The van der Waals surface area contributed by atoms with Crippen LogP contribution in [0.2, 0.25) is 0 Å². The van der Waals surface area contributed by atoms with Crippen molar-refractivity contribution < 1.29 is 0 Å². The lowest BCUT2D eigenvalue weighted by molar-refractivity contribution is 0.809. The van der Waals surface area contributed by atoms with Gasteiger partial charge in [0.1, 0.15) is 5.69 Å². The van der Waals surface area contributed by atoms with Crippen LogP contribution >= 0.6 is 0 Å². The average molecular weight is 253 g/mol. The van der Waals surface area contributed by atoms with E-state index in [0.717, 1.165) is 5.69 Å². The van der Waals surface area contributed by atoms with Crippen molar-refractivity contribution in [2.24, 2.45) is 0 Å². The van der Waals surface area contributed by atoms with Gasteiger partial charge in [0.25, 0.3) is 0 Å². The molecule has 0 aliphatic carbocycles. The van der Waals surface area contributed by atoms with Gasteiger partial charge in [-0.1, -0.05) is 6.08 Å². The normalized spacial score (nSPS) is 8.89. The van der Waals surface area contributed by atoms with Gasteiger partial charge in [-0.05, 0) is 38.1 Å². The van der Waals surface area contributed by atoms with E-state index < -0.39 is 0 Å². The van der Waals surface area contributed by atoms with Crippen LogP contribution in [0.5, 0.6) is 0 Å². The Morgan fingerprint density at radius 3 is 2.37 bits per heavy atom. The Morgan fingerprint density at radius 2 is 1.89 bits per heavy atom. The van der Waals surface area contributed by atoms with Crippen molar-refractivity contribution in [1.29, 1.82) is 5.26 Å². The van der Waals surface area contributed by atoms with Crippen molar-refractivity contribution in [3.63, 3.8) is 0 Å². The van der Waals surface area contributed by atoms with Gasteiger partial charge in [-0.3, -0.25) is 4.79 Å². The summed E-state index contributed by atoms with van der Waals surface area (Å²) in [6.45, 7) is 6.92. The molecule has 2 rings (SSSR count). The molecule has 96 valence electrons. The Kier molecular flexibility index (Phi) is 5.24. The highest BCUT2D eigenvalue weighted by atomic mass is 16.1. The van der Waals surface area contributed by atoms with Crippen LogP contribution in [-0.2, 0) is 0 Å². The number of allylic oxidation sites excluding steroid dienone is 1. The smallest absolute Gasteiger partial charge is 0.203 e. The molecule has 0 aliphatic heterocycles. The number of benzene rings is 1. The lowest BCUT2D eigenvalue weighted by atomic mass is 10.2. The first kappa shape index (κ1) is 14.4. The number of nitriles is 1. The Morgan fingerprint density at radius 1 is 1.32 bits per heavy atom. The maximum atomic E-state index is 11.2. The van der Waals surface area contributed by atoms with Crippen LogP contribution in [0.4, 0.5) is 0 Å². The quantitative estimate of drug-likeness (QED) is 0.734. The number of rotatable bonds is 1. The minimum atomic E-state index is -0.0788. The number of hydrogen-bond acceptors (Lipinski definition) is 3. The molecule has 4 heteroatoms. The third kappa shape index (κ3) is 3.93. The predicted octanol–water partition coefficient (Wildman–Crippen LogP) is 2.60. The van der Waals surface area contributed by atoms with Crippen LogP contribution in [0.1, 0.15) is 18.2 Å². The minimum absolute atomic E-state index is 0.0788. The molecule has 0 radical (unpaired) electrons. The first-order valence-corrected chi connectivity index (χ1v) is 5.76. The highest BCUT2D eigenvalue weighted by Gasteiger charge is 1.99. The van der Waals surface area contributed by atoms with Crippen LogP contribution in [0.3, 0.4) is 0 Å². The Hall–Kier alpha value is -2.67. The summed E-state index contributed by atoms with van der Waals surface area (Å²) in [5.41, 5.74) is 1.79. The second-order valence-corrected chi connectivity index (χ2v) is 3.78. The van der Waals surface area contributed by atoms with E-state index in [1.165, 1.54) is 6.07 Å². The Balaban J connectivity index is 0.000000550. The Labute approximate surface area is 112 Å². The molecule has 1 aromatic carbocycles. The summed E-state index contributed by atoms with van der Waals surface area (Å²) >= 11 is 0. The zero-order chi connectivity index (χ0) is 14.3. The minimum Gasteiger partial charge on any atom is -0.288 e. The van der Waals surface area contributed by atoms with E-state index in [9.17, 15) is 4.79 Å². The molecule has 0 spiro atoms. The van der Waals surface area contributed by atoms with Gasteiger partial charge in [0.15, 0.2) is 0 Å². The SMILES string of the molecule is C=CC.Cc1nn(-c2ccc(C#N)cc2)ccc1=O. The molecule has 1 heterocycles. The third-order valence-electron chi connectivity index (χ3n) is 2.24. The van der Waals surface area contributed by atoms with Crippen molar-refractivity contribution >= 4 is 0 Å². The van der Waals surface area contributed by atoms with Gasteiger partial charge in [0.2, 0.25) is 5.43 Å². The van der Waals surface area contributed by atoms with Gasteiger partial charge in [-0.25, -0.2) is 4.68 Å². The van der Waals surface area contributed by atoms with E-state index in [1.54, 1.807) is 48.1 Å². The highest BCUT2D eigenvalue weighted by molar-refractivity contribution is 5.38. The monoisotopic (exact) mass is 253 g/mol. The van der Waals surface area contributed by atoms with Crippen LogP contribution in [0.15, 0.2) is 54.0 Å². The van der Waals surface area contributed by atoms with E-state index >= 15 is 0 Å². The molecule has 19 heavy (non-hydrogen) atoms. The maximum absolute atomic E-state index is 11.2. The van der Waals surface area contributed by atoms with Crippen molar-refractivity contribution in [2.45, 2.75) is 13.8 Å². The number of nitrogens with zero attached hydrogens (tertiary/aromatic N) is 3. The van der Waals surface area contributed by atoms with E-state index in [-0.39, 0.29) is 5.43 Å². The standard InChI is InChI=1S/C12H9N3O.C3H6/c1-9-12(16)6-7-15(14-9)11-4-2-10(8-13)3-5-11;1-3-2/h2-7H,1H3;3H,1H2,2H3. The number of hydrogen-bond donors (Lipinski definition) is 0. The molecule has 0 saturated heterocycles. The summed E-state index contributed by atoms with van der Waals surface area (Å²) < 4.78 is 1.61. The molecule has 0 unspecified atom stereocenters. The fourth-order valence-electron chi connectivity index (χ4n) is 1.34. The van der Waals surface area contributed by atoms with Gasteiger partial charge in [-0.2, -0.15) is 10.4 Å². The van der Waals surface area contributed by atoms with Crippen LogP contribution in [-0.4, -0.2) is 9.78 Å². The van der Waals surface area contributed by atoms with Crippen LogP contribution in [0, 0.1) is 18.3 Å². The predicted molar refractivity (Wildman–Crippen MR) is 75.2 cm³/mol. The van der Waals surface area contributed by atoms with Crippen LogP contribution in [0.25, 0.3) is 5.69 Å². The van der Waals surface area contributed by atoms with Gasteiger partial charge in [0, 0.05) is 12.3 Å². The first-order valence-electron chi connectivity index (χ1n) is 5.76. The number of aryl methyl sites for hydroxylation is 1. The van der Waals surface area contributed by atoms with E-state index in [4.69, 9.17) is 5.26 Å². The van der Waals surface area contributed by atoms with Crippen molar-refractivity contribution in [1.82, 2.24) is 9.78 Å². The van der Waals surface area contributed by atoms with E-state index in [2.05, 4.69) is 11.7 Å². The summed E-state index contributed by atoms with van der Waals surface area (Å²) in [6.07, 6.45) is 3.36. The molecule has 0 bridgehead atoms. The first-order chi connectivity index (χ1) is 9.12. The summed E-state index contributed by atoms with van der Waals surface area (Å²) in [5.74, 6) is 0. The van der Waals surface area contributed by atoms with Gasteiger partial charge in [0.05, 0.1) is 17.3 Å².